The summed E-state index contributed by atoms with van der Waals surface area (Å²) in [5.74, 6) is -2.20. The molecule has 10 heteroatoms. The van der Waals surface area contributed by atoms with Gasteiger partial charge in [-0.1, -0.05) is 26.0 Å². The smallest absolute Gasteiger partial charge is 0.322 e. The molecule has 1 aromatic rings. The Kier molecular flexibility index (Phi) is 11.6. The van der Waals surface area contributed by atoms with Gasteiger partial charge >= 0.3 is 5.97 Å². The lowest BCUT2D eigenvalue weighted by Gasteiger charge is -2.26. The molecule has 3 amide bonds. The largest absolute Gasteiger partial charge is 0.497 e. The zero-order valence-corrected chi connectivity index (χ0v) is 19.8. The van der Waals surface area contributed by atoms with Crippen molar-refractivity contribution in [3.8, 4) is 5.75 Å². The molecule has 4 N–H and O–H groups in total. The van der Waals surface area contributed by atoms with Crippen LogP contribution in [0.4, 0.5) is 0 Å². The average molecular weight is 468 g/mol. The minimum absolute atomic E-state index is 0.121. The number of hydrogen-bond donors (Lipinski definition) is 5. The van der Waals surface area contributed by atoms with Gasteiger partial charge in [0.25, 0.3) is 0 Å². The summed E-state index contributed by atoms with van der Waals surface area (Å²) in [5.41, 5.74) is 0.843. The van der Waals surface area contributed by atoms with Gasteiger partial charge in [-0.2, -0.15) is 12.6 Å². The topological polar surface area (TPSA) is 134 Å². The number of methoxy groups -OCH3 is 1. The second-order valence-corrected chi connectivity index (χ2v) is 8.57. The molecule has 0 heterocycles. The summed E-state index contributed by atoms with van der Waals surface area (Å²) in [5, 5.41) is 15.7. The molecule has 0 bridgehead atoms. The summed E-state index contributed by atoms with van der Waals surface area (Å²) in [6.45, 7) is 3.39. The number of nitrogens with one attached hydrogen (secondary N) is 3. The summed E-state index contributed by atoms with van der Waals surface area (Å²) in [4.78, 5) is 48.2. The number of hydrogen-bond acceptors (Lipinski definition) is 6. The first-order valence-electron chi connectivity index (χ1n) is 10.4. The van der Waals surface area contributed by atoms with E-state index in [1.807, 2.05) is 26.0 Å². The zero-order valence-electron chi connectivity index (χ0n) is 18.9. The Morgan fingerprint density at radius 3 is 2.22 bits per heavy atom. The van der Waals surface area contributed by atoms with E-state index < -0.39 is 35.6 Å². The van der Waals surface area contributed by atoms with Crippen molar-refractivity contribution in [1.29, 1.82) is 0 Å². The normalized spacial score (nSPS) is 13.6. The molecule has 0 fully saturated rings. The van der Waals surface area contributed by atoms with Crippen molar-refractivity contribution in [2.75, 3.05) is 20.7 Å². The molecule has 0 aromatic heterocycles. The highest BCUT2D eigenvalue weighted by molar-refractivity contribution is 7.81. The molecule has 32 heavy (non-hydrogen) atoms. The van der Waals surface area contributed by atoms with Crippen LogP contribution in [-0.2, 0) is 25.6 Å². The van der Waals surface area contributed by atoms with E-state index in [1.54, 1.807) is 19.2 Å². The number of carbonyl (C=O) groups excluding carboxylic acids is 3. The second-order valence-electron chi connectivity index (χ2n) is 7.91. The van der Waals surface area contributed by atoms with Gasteiger partial charge in [0.2, 0.25) is 17.7 Å². The maximum absolute atomic E-state index is 13.1. The van der Waals surface area contributed by atoms with E-state index >= 15 is 0 Å². The van der Waals surface area contributed by atoms with Gasteiger partial charge in [0, 0.05) is 25.1 Å². The standard InChI is InChI=1S/C22H33N3O6S/c1-13(2)9-16(18(32)11-19(26)24-12-20(27)28)21(29)25-17(22(30)23-3)10-14-5-7-15(31-4)8-6-14/h5-8,13,16-18,32H,9-12H2,1-4H3,(H,23,30)(H,24,26)(H,25,29)(H,27,28). The number of carboxylic acid groups (broad SMARTS) is 1. The number of amides is 3. The average Bonchev–Trinajstić information content (AvgIpc) is 2.75. The summed E-state index contributed by atoms with van der Waals surface area (Å²) in [7, 11) is 3.06. The van der Waals surface area contributed by atoms with Crippen LogP contribution < -0.4 is 20.7 Å². The third kappa shape index (κ3) is 9.59. The van der Waals surface area contributed by atoms with Gasteiger partial charge in [-0.25, -0.2) is 0 Å². The molecular formula is C22H33N3O6S. The summed E-state index contributed by atoms with van der Waals surface area (Å²) < 4.78 is 5.14. The molecule has 0 aliphatic rings. The first-order valence-corrected chi connectivity index (χ1v) is 10.9. The minimum Gasteiger partial charge on any atom is -0.497 e. The van der Waals surface area contributed by atoms with E-state index in [0.717, 1.165) is 5.56 Å². The van der Waals surface area contributed by atoms with Crippen molar-refractivity contribution in [3.63, 3.8) is 0 Å². The van der Waals surface area contributed by atoms with Gasteiger partial charge in [0.05, 0.1) is 13.0 Å². The number of carbonyl (C=O) groups is 4. The third-order valence-corrected chi connectivity index (χ3v) is 5.38. The van der Waals surface area contributed by atoms with Crippen molar-refractivity contribution < 1.29 is 29.0 Å². The van der Waals surface area contributed by atoms with E-state index in [-0.39, 0.29) is 30.6 Å². The van der Waals surface area contributed by atoms with Crippen molar-refractivity contribution in [3.05, 3.63) is 29.8 Å². The fraction of sp³-hybridized carbons (Fsp3) is 0.545. The Morgan fingerprint density at radius 1 is 1.09 bits per heavy atom. The fourth-order valence-corrected chi connectivity index (χ4v) is 3.61. The van der Waals surface area contributed by atoms with Gasteiger partial charge in [-0.3, -0.25) is 19.2 Å². The number of carboxylic acids is 1. The minimum atomic E-state index is -1.16. The van der Waals surface area contributed by atoms with Crippen LogP contribution in [0, 0.1) is 11.8 Å². The van der Waals surface area contributed by atoms with Crippen LogP contribution in [0.3, 0.4) is 0 Å². The van der Waals surface area contributed by atoms with E-state index in [2.05, 4.69) is 28.6 Å². The van der Waals surface area contributed by atoms with Crippen LogP contribution in [0.2, 0.25) is 0 Å². The predicted octanol–water partition coefficient (Wildman–Crippen LogP) is 1.02. The lowest BCUT2D eigenvalue weighted by atomic mass is 9.90. The molecule has 0 spiro atoms. The van der Waals surface area contributed by atoms with E-state index in [9.17, 15) is 19.2 Å². The maximum atomic E-state index is 13.1. The quantitative estimate of drug-likeness (QED) is 0.275. The van der Waals surface area contributed by atoms with Crippen molar-refractivity contribution in [1.82, 2.24) is 16.0 Å². The lowest BCUT2D eigenvalue weighted by molar-refractivity contribution is -0.138. The van der Waals surface area contributed by atoms with Crippen LogP contribution >= 0.6 is 12.6 Å². The molecule has 9 nitrogen and oxygen atoms in total. The van der Waals surface area contributed by atoms with Crippen LogP contribution in [0.25, 0.3) is 0 Å². The van der Waals surface area contributed by atoms with E-state index in [0.29, 0.717) is 12.2 Å². The fourth-order valence-electron chi connectivity index (χ4n) is 3.18. The van der Waals surface area contributed by atoms with Crippen LogP contribution in [0.5, 0.6) is 5.75 Å². The van der Waals surface area contributed by atoms with Crippen LogP contribution in [0.15, 0.2) is 24.3 Å². The molecule has 178 valence electrons. The van der Waals surface area contributed by atoms with Gasteiger partial charge in [-0.15, -0.1) is 0 Å². The molecule has 0 aliphatic carbocycles. The SMILES string of the molecule is CNC(=O)C(Cc1ccc(OC)cc1)NC(=O)C(CC(C)C)C(S)CC(=O)NCC(=O)O. The molecule has 0 saturated heterocycles. The first kappa shape index (κ1) is 27.3. The molecule has 1 rings (SSSR count). The van der Waals surface area contributed by atoms with Gasteiger partial charge in [0.15, 0.2) is 0 Å². The molecule has 3 atom stereocenters. The zero-order chi connectivity index (χ0) is 24.3. The highest BCUT2D eigenvalue weighted by Crippen LogP contribution is 2.23. The number of thiol groups is 1. The van der Waals surface area contributed by atoms with Crippen molar-refractivity contribution in [2.24, 2.45) is 11.8 Å². The number of aliphatic carboxylic acids is 1. The van der Waals surface area contributed by atoms with Gasteiger partial charge in [0.1, 0.15) is 18.3 Å². The Morgan fingerprint density at radius 2 is 1.72 bits per heavy atom. The summed E-state index contributed by atoms with van der Waals surface area (Å²) >= 11 is 4.46. The van der Waals surface area contributed by atoms with E-state index in [4.69, 9.17) is 9.84 Å². The molecule has 0 radical (unpaired) electrons. The Hall–Kier alpha value is -2.75. The molecular weight excluding hydrogens is 434 g/mol. The highest BCUT2D eigenvalue weighted by atomic mass is 32.1. The number of benzene rings is 1. The molecule has 0 saturated carbocycles. The first-order chi connectivity index (χ1) is 15.1. The lowest BCUT2D eigenvalue weighted by Crippen LogP contribution is -2.50. The molecule has 1 aromatic carbocycles. The van der Waals surface area contributed by atoms with Crippen molar-refractivity contribution in [2.45, 2.75) is 44.4 Å². The summed E-state index contributed by atoms with van der Waals surface area (Å²) in [6.07, 6.45) is 0.611. The highest BCUT2D eigenvalue weighted by Gasteiger charge is 2.31. The Balaban J connectivity index is 2.92. The maximum Gasteiger partial charge on any atom is 0.322 e. The van der Waals surface area contributed by atoms with Crippen molar-refractivity contribution >= 4 is 36.3 Å². The molecule has 3 unspecified atom stereocenters. The van der Waals surface area contributed by atoms with E-state index in [1.165, 1.54) is 7.05 Å². The Bertz CT molecular complexity index is 784. The summed E-state index contributed by atoms with van der Waals surface area (Å²) in [6, 6.07) is 6.39. The van der Waals surface area contributed by atoms with Crippen LogP contribution in [0.1, 0.15) is 32.3 Å². The monoisotopic (exact) mass is 467 g/mol. The number of ether oxygens (including phenoxy) is 1. The van der Waals surface area contributed by atoms with Crippen LogP contribution in [-0.4, -0.2) is 60.8 Å². The molecule has 0 aliphatic heterocycles. The predicted molar refractivity (Wildman–Crippen MR) is 124 cm³/mol. The Labute approximate surface area is 194 Å². The number of likely N-dealkylation sites (N-methyl/N-ethyl adjacent to an activating group) is 1. The third-order valence-electron chi connectivity index (χ3n) is 4.84. The second kappa shape index (κ2) is 13.6. The van der Waals surface area contributed by atoms with Gasteiger partial charge in [-0.05, 0) is 30.0 Å². The number of rotatable bonds is 13. The van der Waals surface area contributed by atoms with Gasteiger partial charge < -0.3 is 25.8 Å².